The maximum absolute atomic E-state index is 13.0. The summed E-state index contributed by atoms with van der Waals surface area (Å²) in [5, 5.41) is 5.82. The van der Waals surface area contributed by atoms with E-state index in [1.165, 1.54) is 0 Å². The summed E-state index contributed by atoms with van der Waals surface area (Å²) in [6, 6.07) is 12.4. The number of rotatable bonds is 6. The number of amides is 4. The SMILES string of the molecule is CCOC(=O)[C@@H](Cc1ccc(Br)c(Br)c1)NC(=O)N1CCC(N2Cc3ccccc3NC2=O)CC1. The van der Waals surface area contributed by atoms with Gasteiger partial charge in [0.2, 0.25) is 0 Å². The normalized spacial score (nSPS) is 16.8. The van der Waals surface area contributed by atoms with Gasteiger partial charge in [-0.3, -0.25) is 0 Å². The third kappa shape index (κ3) is 6.16. The lowest BCUT2D eigenvalue weighted by atomic mass is 10.0. The van der Waals surface area contributed by atoms with Gasteiger partial charge in [0.15, 0.2) is 0 Å². The Balaban J connectivity index is 1.36. The van der Waals surface area contributed by atoms with Gasteiger partial charge in [-0.1, -0.05) is 24.3 Å². The molecule has 1 saturated heterocycles. The molecule has 2 aromatic rings. The minimum absolute atomic E-state index is 0.0494. The van der Waals surface area contributed by atoms with E-state index < -0.39 is 12.0 Å². The Hall–Kier alpha value is -2.59. The van der Waals surface area contributed by atoms with Crippen LogP contribution in [0, 0.1) is 0 Å². The van der Waals surface area contributed by atoms with Gasteiger partial charge in [0, 0.05) is 46.7 Å². The maximum atomic E-state index is 13.0. The summed E-state index contributed by atoms with van der Waals surface area (Å²) in [6.45, 7) is 3.55. The molecule has 2 N–H and O–H groups in total. The lowest BCUT2D eigenvalue weighted by Crippen LogP contribution is -2.55. The van der Waals surface area contributed by atoms with Gasteiger partial charge < -0.3 is 25.2 Å². The van der Waals surface area contributed by atoms with Crippen molar-refractivity contribution >= 4 is 55.6 Å². The first-order valence-electron chi connectivity index (χ1n) is 11.7. The fourth-order valence-electron chi connectivity index (χ4n) is 4.48. The second kappa shape index (κ2) is 11.4. The van der Waals surface area contributed by atoms with E-state index in [0.29, 0.717) is 38.9 Å². The molecular weight excluding hydrogens is 580 g/mol. The van der Waals surface area contributed by atoms with E-state index in [0.717, 1.165) is 25.8 Å². The van der Waals surface area contributed by atoms with Gasteiger partial charge >= 0.3 is 18.0 Å². The number of piperidine rings is 1. The van der Waals surface area contributed by atoms with Gasteiger partial charge in [-0.15, -0.1) is 0 Å². The fourth-order valence-corrected chi connectivity index (χ4v) is 5.15. The molecule has 0 saturated carbocycles. The monoisotopic (exact) mass is 606 g/mol. The van der Waals surface area contributed by atoms with Crippen molar-refractivity contribution in [1.82, 2.24) is 15.1 Å². The van der Waals surface area contributed by atoms with E-state index in [9.17, 15) is 14.4 Å². The second-order valence-electron chi connectivity index (χ2n) is 8.64. The van der Waals surface area contributed by atoms with E-state index in [-0.39, 0.29) is 24.7 Å². The Morgan fingerprint density at radius 2 is 1.89 bits per heavy atom. The highest BCUT2D eigenvalue weighted by Gasteiger charge is 2.33. The van der Waals surface area contributed by atoms with Crippen molar-refractivity contribution in [2.45, 2.75) is 44.8 Å². The maximum Gasteiger partial charge on any atom is 0.329 e. The van der Waals surface area contributed by atoms with Crippen LogP contribution in [-0.2, 0) is 22.5 Å². The average Bonchev–Trinajstić information content (AvgIpc) is 2.85. The van der Waals surface area contributed by atoms with Gasteiger partial charge in [0.1, 0.15) is 6.04 Å². The molecule has 2 aliphatic rings. The van der Waals surface area contributed by atoms with Crippen LogP contribution < -0.4 is 10.6 Å². The third-order valence-electron chi connectivity index (χ3n) is 6.35. The predicted octanol–water partition coefficient (Wildman–Crippen LogP) is 4.91. The van der Waals surface area contributed by atoms with Gasteiger partial charge in [-0.25, -0.2) is 14.4 Å². The number of nitrogens with zero attached hydrogens (tertiary/aromatic N) is 2. The number of esters is 1. The minimum Gasteiger partial charge on any atom is -0.464 e. The number of benzene rings is 2. The van der Waals surface area contributed by atoms with Crippen molar-refractivity contribution in [1.29, 1.82) is 0 Å². The van der Waals surface area contributed by atoms with Crippen molar-refractivity contribution in [3.05, 3.63) is 62.5 Å². The number of urea groups is 2. The summed E-state index contributed by atoms with van der Waals surface area (Å²) in [4.78, 5) is 41.8. The van der Waals surface area contributed by atoms with Crippen molar-refractivity contribution in [2.24, 2.45) is 0 Å². The Morgan fingerprint density at radius 3 is 2.60 bits per heavy atom. The summed E-state index contributed by atoms with van der Waals surface area (Å²) in [6.07, 6.45) is 1.67. The van der Waals surface area contributed by atoms with Crippen LogP contribution >= 0.6 is 31.9 Å². The number of anilines is 1. The van der Waals surface area contributed by atoms with E-state index in [1.807, 2.05) is 47.4 Å². The van der Waals surface area contributed by atoms with Crippen molar-refractivity contribution < 1.29 is 19.1 Å². The summed E-state index contributed by atoms with van der Waals surface area (Å²) in [5.41, 5.74) is 2.84. The largest absolute Gasteiger partial charge is 0.464 e. The zero-order chi connectivity index (χ0) is 24.9. The number of para-hydroxylation sites is 1. The molecule has 1 fully saturated rings. The van der Waals surface area contributed by atoms with Crippen LogP contribution in [0.5, 0.6) is 0 Å². The molecule has 0 spiro atoms. The van der Waals surface area contributed by atoms with Crippen LogP contribution in [0.1, 0.15) is 30.9 Å². The number of carbonyl (C=O) groups excluding carboxylic acids is 3. The highest BCUT2D eigenvalue weighted by molar-refractivity contribution is 9.13. The predicted molar refractivity (Wildman–Crippen MR) is 140 cm³/mol. The van der Waals surface area contributed by atoms with Crippen molar-refractivity contribution in [3.63, 3.8) is 0 Å². The topological polar surface area (TPSA) is 91.0 Å². The third-order valence-corrected chi connectivity index (χ3v) is 8.23. The quantitative estimate of drug-likeness (QED) is 0.457. The molecular formula is C25H28Br2N4O4. The fraction of sp³-hybridized carbons (Fsp3) is 0.400. The summed E-state index contributed by atoms with van der Waals surface area (Å²) in [5.74, 6) is -0.460. The molecule has 4 rings (SSSR count). The standard InChI is InChI=1S/C25H28Br2N4O4/c1-2-35-23(32)22(14-16-7-8-19(26)20(27)13-16)29-24(33)30-11-9-18(10-12-30)31-15-17-5-3-4-6-21(17)28-25(31)34/h3-8,13,18,22H,2,9-12,14-15H2,1H3,(H,28,34)(H,29,33)/t22-/m1/s1. The smallest absolute Gasteiger partial charge is 0.329 e. The first-order valence-corrected chi connectivity index (χ1v) is 13.3. The van der Waals surface area contributed by atoms with Gasteiger partial charge in [0.05, 0.1) is 6.61 Å². The number of nitrogens with one attached hydrogen (secondary N) is 2. The summed E-state index contributed by atoms with van der Waals surface area (Å²) < 4.78 is 6.99. The Bertz CT molecular complexity index is 1100. The van der Waals surface area contributed by atoms with Crippen LogP contribution in [0.4, 0.5) is 15.3 Å². The molecule has 0 unspecified atom stereocenters. The lowest BCUT2D eigenvalue weighted by Gasteiger charge is -2.40. The number of fused-ring (bicyclic) bond motifs is 1. The lowest BCUT2D eigenvalue weighted by molar-refractivity contribution is -0.145. The van der Waals surface area contributed by atoms with Crippen molar-refractivity contribution in [3.8, 4) is 0 Å². The van der Waals surface area contributed by atoms with Gasteiger partial charge in [-0.2, -0.15) is 0 Å². The summed E-state index contributed by atoms with van der Waals surface area (Å²) >= 11 is 6.92. The van der Waals surface area contributed by atoms with Gasteiger partial charge in [-0.05, 0) is 81.0 Å². The van der Waals surface area contributed by atoms with E-state index in [2.05, 4.69) is 42.5 Å². The number of hydrogen-bond acceptors (Lipinski definition) is 4. The van der Waals surface area contributed by atoms with Crippen molar-refractivity contribution in [2.75, 3.05) is 25.0 Å². The van der Waals surface area contributed by atoms with E-state index in [4.69, 9.17) is 4.74 Å². The van der Waals surface area contributed by atoms with E-state index >= 15 is 0 Å². The highest BCUT2D eigenvalue weighted by Crippen LogP contribution is 2.28. The molecule has 1 atom stereocenters. The van der Waals surface area contributed by atoms with Crippen LogP contribution in [0.2, 0.25) is 0 Å². The molecule has 2 aromatic carbocycles. The van der Waals surface area contributed by atoms with Crippen LogP contribution in [-0.4, -0.2) is 59.6 Å². The summed E-state index contributed by atoms with van der Waals surface area (Å²) in [7, 11) is 0. The number of carbonyl (C=O) groups is 3. The number of hydrogen-bond donors (Lipinski definition) is 2. The molecule has 0 bridgehead atoms. The zero-order valence-corrected chi connectivity index (χ0v) is 22.6. The Labute approximate surface area is 221 Å². The van der Waals surface area contributed by atoms with Gasteiger partial charge in [0.25, 0.3) is 0 Å². The van der Waals surface area contributed by atoms with Crippen LogP contribution in [0.3, 0.4) is 0 Å². The molecule has 0 radical (unpaired) electrons. The molecule has 186 valence electrons. The Morgan fingerprint density at radius 1 is 1.14 bits per heavy atom. The van der Waals surface area contributed by atoms with E-state index in [1.54, 1.807) is 11.8 Å². The number of likely N-dealkylation sites (tertiary alicyclic amines) is 1. The highest BCUT2D eigenvalue weighted by atomic mass is 79.9. The Kier molecular flexibility index (Phi) is 8.33. The molecule has 8 nitrogen and oxygen atoms in total. The van der Waals surface area contributed by atoms with Crippen LogP contribution in [0.15, 0.2) is 51.4 Å². The molecule has 0 aliphatic carbocycles. The first kappa shape index (κ1) is 25.5. The molecule has 0 aromatic heterocycles. The molecule has 10 heteroatoms. The molecule has 2 heterocycles. The second-order valence-corrected chi connectivity index (χ2v) is 10.3. The van der Waals surface area contributed by atoms with Crippen LogP contribution in [0.25, 0.3) is 0 Å². The zero-order valence-electron chi connectivity index (χ0n) is 19.4. The first-order chi connectivity index (χ1) is 16.9. The molecule has 2 aliphatic heterocycles. The molecule has 35 heavy (non-hydrogen) atoms. The minimum atomic E-state index is -0.794. The number of ether oxygens (including phenoxy) is 1. The number of halogens is 2. The average molecular weight is 608 g/mol. The molecule has 4 amide bonds.